The number of hydrogen-bond acceptors (Lipinski definition) is 1. The highest BCUT2D eigenvalue weighted by atomic mass is 14.9. The first-order valence-electron chi connectivity index (χ1n) is 8.20. The van der Waals surface area contributed by atoms with Crippen LogP contribution in [-0.2, 0) is 6.42 Å². The Morgan fingerprint density at radius 1 is 1.38 bits per heavy atom. The molecule has 1 saturated carbocycles. The zero-order valence-electron chi connectivity index (χ0n) is 13.2. The molecule has 2 unspecified atom stereocenters. The minimum Gasteiger partial charge on any atom is -0.359 e. The van der Waals surface area contributed by atoms with Gasteiger partial charge in [-0.15, -0.1) is 0 Å². The van der Waals surface area contributed by atoms with Crippen LogP contribution < -0.4 is 5.32 Å². The summed E-state index contributed by atoms with van der Waals surface area (Å²) in [6, 6.07) is 6.77. The Bertz CT molecular complexity index is 638. The van der Waals surface area contributed by atoms with Crippen LogP contribution in [0.2, 0.25) is 0 Å². The van der Waals surface area contributed by atoms with Crippen LogP contribution in [0.5, 0.6) is 0 Å². The van der Waals surface area contributed by atoms with E-state index in [0.717, 1.165) is 23.2 Å². The molecule has 0 aliphatic heterocycles. The summed E-state index contributed by atoms with van der Waals surface area (Å²) in [4.78, 5) is 3.31. The van der Waals surface area contributed by atoms with Crippen molar-refractivity contribution in [2.75, 3.05) is 5.32 Å². The second kappa shape index (κ2) is 5.97. The number of aryl methyl sites for hydroxylation is 1. The third-order valence-electron chi connectivity index (χ3n) is 4.73. The third-order valence-corrected chi connectivity index (χ3v) is 4.73. The van der Waals surface area contributed by atoms with E-state index in [1.54, 1.807) is 0 Å². The molecular weight excluding hydrogens is 256 g/mol. The summed E-state index contributed by atoms with van der Waals surface area (Å²) in [5, 5.41) is 4.60. The normalized spacial score (nSPS) is 20.7. The highest BCUT2D eigenvalue weighted by Gasteiger charge is 2.33. The predicted octanol–water partition coefficient (Wildman–Crippen LogP) is 5.48. The molecule has 1 aliphatic carbocycles. The van der Waals surface area contributed by atoms with E-state index in [1.165, 1.54) is 48.6 Å². The molecule has 0 saturated heterocycles. The van der Waals surface area contributed by atoms with Crippen molar-refractivity contribution in [2.45, 2.75) is 46.0 Å². The lowest BCUT2D eigenvalue weighted by molar-refractivity contribution is 0.600. The van der Waals surface area contributed by atoms with Crippen LogP contribution in [0, 0.1) is 11.8 Å². The van der Waals surface area contributed by atoms with Crippen molar-refractivity contribution in [1.29, 1.82) is 0 Å². The van der Waals surface area contributed by atoms with Gasteiger partial charge in [0, 0.05) is 22.8 Å². The van der Waals surface area contributed by atoms with Crippen molar-refractivity contribution < 1.29 is 0 Å². The summed E-state index contributed by atoms with van der Waals surface area (Å²) in [6.07, 6.45) is 8.79. The first-order chi connectivity index (χ1) is 10.2. The Morgan fingerprint density at radius 3 is 2.95 bits per heavy atom. The fourth-order valence-electron chi connectivity index (χ4n) is 3.39. The summed E-state index contributed by atoms with van der Waals surface area (Å²) in [5.41, 5.74) is 4.74. The van der Waals surface area contributed by atoms with Gasteiger partial charge in [0.25, 0.3) is 0 Å². The Labute approximate surface area is 127 Å². The quantitative estimate of drug-likeness (QED) is 0.691. The maximum absolute atomic E-state index is 3.93. The summed E-state index contributed by atoms with van der Waals surface area (Å²) < 4.78 is 0. The van der Waals surface area contributed by atoms with Crippen molar-refractivity contribution in [3.63, 3.8) is 0 Å². The maximum atomic E-state index is 3.93. The van der Waals surface area contributed by atoms with E-state index in [9.17, 15) is 0 Å². The predicted molar refractivity (Wildman–Crippen MR) is 91.6 cm³/mol. The smallest absolute Gasteiger partial charge is 0.0639 e. The number of anilines is 1. The molecule has 0 amide bonds. The van der Waals surface area contributed by atoms with Gasteiger partial charge < -0.3 is 10.3 Å². The summed E-state index contributed by atoms with van der Waals surface area (Å²) >= 11 is 0. The molecule has 1 aromatic carbocycles. The number of allylic oxidation sites excluding steroid dienone is 1. The van der Waals surface area contributed by atoms with Crippen molar-refractivity contribution >= 4 is 16.6 Å². The molecular formula is C19H26N2. The van der Waals surface area contributed by atoms with Crippen molar-refractivity contribution in [1.82, 2.24) is 4.98 Å². The van der Waals surface area contributed by atoms with Gasteiger partial charge in [-0.1, -0.05) is 26.0 Å². The second-order valence-electron chi connectivity index (χ2n) is 6.54. The number of rotatable bonds is 7. The van der Waals surface area contributed by atoms with Crippen LogP contribution >= 0.6 is 0 Å². The van der Waals surface area contributed by atoms with Crippen LogP contribution in [0.4, 0.5) is 5.69 Å². The van der Waals surface area contributed by atoms with Crippen molar-refractivity contribution in [3.8, 4) is 0 Å². The summed E-state index contributed by atoms with van der Waals surface area (Å²) in [7, 11) is 0. The van der Waals surface area contributed by atoms with Gasteiger partial charge in [-0.25, -0.2) is 0 Å². The molecule has 2 aromatic rings. The lowest BCUT2D eigenvalue weighted by Gasteiger charge is -2.05. The molecule has 1 aromatic heterocycles. The van der Waals surface area contributed by atoms with E-state index in [1.807, 2.05) is 13.1 Å². The molecule has 2 heteroatoms. The molecule has 0 radical (unpaired) electrons. The average molecular weight is 282 g/mol. The number of aromatic nitrogens is 1. The van der Waals surface area contributed by atoms with Gasteiger partial charge in [-0.2, -0.15) is 0 Å². The summed E-state index contributed by atoms with van der Waals surface area (Å²) in [5.74, 6) is 2.05. The number of fused-ring (bicyclic) bond motifs is 1. The highest BCUT2D eigenvalue weighted by Crippen LogP contribution is 2.44. The first kappa shape index (κ1) is 14.2. The monoisotopic (exact) mass is 282 g/mol. The zero-order chi connectivity index (χ0) is 14.8. The number of benzene rings is 1. The molecule has 1 aliphatic rings. The van der Waals surface area contributed by atoms with E-state index in [-0.39, 0.29) is 0 Å². The van der Waals surface area contributed by atoms with Crippen LogP contribution in [0.1, 0.15) is 45.1 Å². The molecule has 21 heavy (non-hydrogen) atoms. The zero-order valence-corrected chi connectivity index (χ0v) is 13.2. The molecule has 2 nitrogen and oxygen atoms in total. The molecule has 2 atom stereocenters. The van der Waals surface area contributed by atoms with Gasteiger partial charge in [0.2, 0.25) is 0 Å². The van der Waals surface area contributed by atoms with Gasteiger partial charge in [-0.3, -0.25) is 0 Å². The van der Waals surface area contributed by atoms with Gasteiger partial charge in [0.15, 0.2) is 0 Å². The first-order valence-corrected chi connectivity index (χ1v) is 8.20. The standard InChI is InChI=1S/C19H26N2/c1-4-15-11-16(15)7-5-6-14-8-9-18-17(10-14)19(12-20-18)21-13(2)3/h8-10,12,15-16,20-21H,2,4-7,11H2,1,3H3. The minimum absolute atomic E-state index is 0.973. The molecule has 112 valence electrons. The Balaban J connectivity index is 1.64. The van der Waals surface area contributed by atoms with Crippen LogP contribution in [0.3, 0.4) is 0 Å². The number of nitrogens with one attached hydrogen (secondary N) is 2. The van der Waals surface area contributed by atoms with Gasteiger partial charge >= 0.3 is 0 Å². The molecule has 1 heterocycles. The molecule has 0 bridgehead atoms. The average Bonchev–Trinajstić information content (AvgIpc) is 3.12. The van der Waals surface area contributed by atoms with Gasteiger partial charge in [-0.05, 0) is 62.1 Å². The van der Waals surface area contributed by atoms with E-state index >= 15 is 0 Å². The van der Waals surface area contributed by atoms with E-state index in [2.05, 4.69) is 42.0 Å². The fourth-order valence-corrected chi connectivity index (χ4v) is 3.39. The van der Waals surface area contributed by atoms with E-state index < -0.39 is 0 Å². The number of hydrogen-bond donors (Lipinski definition) is 2. The molecule has 0 spiro atoms. The lowest BCUT2D eigenvalue weighted by Crippen LogP contribution is -1.92. The second-order valence-corrected chi connectivity index (χ2v) is 6.54. The number of aromatic amines is 1. The molecule has 1 fully saturated rings. The lowest BCUT2D eigenvalue weighted by atomic mass is 10.0. The third kappa shape index (κ3) is 3.31. The van der Waals surface area contributed by atoms with E-state index in [0.29, 0.717) is 0 Å². The largest absolute Gasteiger partial charge is 0.359 e. The maximum Gasteiger partial charge on any atom is 0.0639 e. The summed E-state index contributed by atoms with van der Waals surface area (Å²) in [6.45, 7) is 8.23. The van der Waals surface area contributed by atoms with Crippen molar-refractivity contribution in [2.24, 2.45) is 11.8 Å². The SMILES string of the molecule is C=C(C)Nc1c[nH]c2ccc(CCCC3CC3CC)cc12. The van der Waals surface area contributed by atoms with Crippen molar-refractivity contribution in [3.05, 3.63) is 42.2 Å². The van der Waals surface area contributed by atoms with Crippen LogP contribution in [0.25, 0.3) is 10.9 Å². The van der Waals surface area contributed by atoms with Gasteiger partial charge in [0.1, 0.15) is 0 Å². The topological polar surface area (TPSA) is 27.8 Å². The van der Waals surface area contributed by atoms with Crippen LogP contribution in [0.15, 0.2) is 36.7 Å². The Kier molecular flexibility index (Phi) is 4.05. The molecule has 2 N–H and O–H groups in total. The fraction of sp³-hybridized carbons (Fsp3) is 0.474. The highest BCUT2D eigenvalue weighted by molar-refractivity contribution is 5.93. The minimum atomic E-state index is 0.973. The number of H-pyrrole nitrogens is 1. The van der Waals surface area contributed by atoms with Gasteiger partial charge in [0.05, 0.1) is 5.69 Å². The van der Waals surface area contributed by atoms with E-state index in [4.69, 9.17) is 0 Å². The molecule has 3 rings (SSSR count). The Morgan fingerprint density at radius 2 is 2.24 bits per heavy atom. The Hall–Kier alpha value is -1.70. The van der Waals surface area contributed by atoms with Crippen LogP contribution in [-0.4, -0.2) is 4.98 Å².